The first-order chi connectivity index (χ1) is 4.63. The van der Waals surface area contributed by atoms with Crippen LogP contribution >= 0.6 is 0 Å². The average molecular weight is 143 g/mol. The molecule has 0 amide bonds. The summed E-state index contributed by atoms with van der Waals surface area (Å²) in [4.78, 5) is 0. The Morgan fingerprint density at radius 3 is 2.30 bits per heavy atom. The highest BCUT2D eigenvalue weighted by Gasteiger charge is 2.13. The Kier molecular flexibility index (Phi) is 3.84. The van der Waals surface area contributed by atoms with Crippen LogP contribution in [0.3, 0.4) is 0 Å². The molecule has 0 aromatic rings. The van der Waals surface area contributed by atoms with Gasteiger partial charge in [-0.25, -0.2) is 0 Å². The first-order valence-electron chi connectivity index (χ1n) is 3.66. The number of nitrogens with two attached hydrogens (primary N) is 2. The van der Waals surface area contributed by atoms with Gasteiger partial charge in [0.05, 0.1) is 0 Å². The SMILES string of the molecule is CCC(C)C(C)C(N)=NN. The summed E-state index contributed by atoms with van der Waals surface area (Å²) in [6.07, 6.45) is 1.11. The monoisotopic (exact) mass is 143 g/mol. The van der Waals surface area contributed by atoms with E-state index in [2.05, 4.69) is 18.9 Å². The van der Waals surface area contributed by atoms with Crippen LogP contribution in [0.5, 0.6) is 0 Å². The molecule has 0 spiro atoms. The smallest absolute Gasteiger partial charge is 0.122 e. The van der Waals surface area contributed by atoms with Gasteiger partial charge in [0.15, 0.2) is 0 Å². The molecule has 0 aliphatic carbocycles. The molecule has 0 saturated carbocycles. The zero-order valence-corrected chi connectivity index (χ0v) is 6.96. The number of nitrogens with zero attached hydrogens (tertiary/aromatic N) is 1. The molecule has 60 valence electrons. The molecule has 0 radical (unpaired) electrons. The first-order valence-corrected chi connectivity index (χ1v) is 3.66. The molecule has 3 heteroatoms. The van der Waals surface area contributed by atoms with Gasteiger partial charge in [-0.05, 0) is 5.92 Å². The molecular weight excluding hydrogens is 126 g/mol. The molecule has 0 aliphatic rings. The molecular formula is C7H17N3. The maximum atomic E-state index is 5.52. The Labute approximate surface area is 62.5 Å². The van der Waals surface area contributed by atoms with E-state index in [0.717, 1.165) is 6.42 Å². The van der Waals surface area contributed by atoms with Crippen molar-refractivity contribution in [1.82, 2.24) is 0 Å². The molecule has 0 aromatic heterocycles. The van der Waals surface area contributed by atoms with E-state index < -0.39 is 0 Å². The second-order valence-corrected chi connectivity index (χ2v) is 2.73. The van der Waals surface area contributed by atoms with Crippen LogP contribution in [0.25, 0.3) is 0 Å². The molecule has 4 N–H and O–H groups in total. The topological polar surface area (TPSA) is 64.4 Å². The fourth-order valence-electron chi connectivity index (χ4n) is 0.763. The molecule has 0 aromatic carbocycles. The highest BCUT2D eigenvalue weighted by Crippen LogP contribution is 2.13. The molecule has 0 saturated heterocycles. The number of rotatable bonds is 3. The van der Waals surface area contributed by atoms with Crippen LogP contribution in [-0.4, -0.2) is 5.84 Å². The van der Waals surface area contributed by atoms with Gasteiger partial charge in [0.25, 0.3) is 0 Å². The largest absolute Gasteiger partial charge is 0.386 e. The van der Waals surface area contributed by atoms with Crippen LogP contribution in [0, 0.1) is 11.8 Å². The lowest BCUT2D eigenvalue weighted by molar-refractivity contribution is 0.466. The van der Waals surface area contributed by atoms with Crippen molar-refractivity contribution < 1.29 is 0 Å². The molecule has 10 heavy (non-hydrogen) atoms. The Balaban J connectivity index is 3.94. The van der Waals surface area contributed by atoms with E-state index in [0.29, 0.717) is 17.7 Å². The normalized spacial score (nSPS) is 18.5. The lowest BCUT2D eigenvalue weighted by Gasteiger charge is -2.16. The standard InChI is InChI=1S/C7H17N3/c1-4-5(2)6(3)7(8)10-9/h5-6H,4,9H2,1-3H3,(H2,8,10). The van der Waals surface area contributed by atoms with Crippen molar-refractivity contribution in [1.29, 1.82) is 0 Å². The van der Waals surface area contributed by atoms with Gasteiger partial charge in [0.2, 0.25) is 0 Å². The van der Waals surface area contributed by atoms with Crippen LogP contribution in [0.1, 0.15) is 27.2 Å². The number of hydrogen-bond donors (Lipinski definition) is 2. The van der Waals surface area contributed by atoms with Gasteiger partial charge in [0, 0.05) is 5.92 Å². The van der Waals surface area contributed by atoms with E-state index in [9.17, 15) is 0 Å². The fourth-order valence-corrected chi connectivity index (χ4v) is 0.763. The summed E-state index contributed by atoms with van der Waals surface area (Å²) in [5.41, 5.74) is 5.52. The molecule has 0 heterocycles. The predicted molar refractivity (Wildman–Crippen MR) is 44.4 cm³/mol. The van der Waals surface area contributed by atoms with Gasteiger partial charge in [-0.3, -0.25) is 0 Å². The maximum Gasteiger partial charge on any atom is 0.122 e. The number of hydrogen-bond acceptors (Lipinski definition) is 2. The lowest BCUT2D eigenvalue weighted by Crippen LogP contribution is -2.27. The lowest BCUT2D eigenvalue weighted by atomic mass is 9.93. The Bertz CT molecular complexity index is 120. The second kappa shape index (κ2) is 4.14. The molecule has 0 bridgehead atoms. The zero-order chi connectivity index (χ0) is 8.15. The molecule has 0 aliphatic heterocycles. The van der Waals surface area contributed by atoms with Crippen LogP contribution in [0.4, 0.5) is 0 Å². The van der Waals surface area contributed by atoms with Crippen LogP contribution in [0.15, 0.2) is 5.10 Å². The van der Waals surface area contributed by atoms with Crippen LogP contribution < -0.4 is 11.6 Å². The number of amidine groups is 1. The minimum Gasteiger partial charge on any atom is -0.386 e. The summed E-state index contributed by atoms with van der Waals surface area (Å²) in [6.45, 7) is 6.31. The van der Waals surface area contributed by atoms with Gasteiger partial charge < -0.3 is 11.6 Å². The van der Waals surface area contributed by atoms with Gasteiger partial charge in [-0.15, -0.1) is 0 Å². The minimum absolute atomic E-state index is 0.301. The summed E-state index contributed by atoms with van der Waals surface area (Å²) in [5, 5.41) is 3.45. The molecule has 2 unspecified atom stereocenters. The maximum absolute atomic E-state index is 5.52. The van der Waals surface area contributed by atoms with Crippen molar-refractivity contribution in [3.05, 3.63) is 0 Å². The van der Waals surface area contributed by atoms with E-state index in [4.69, 9.17) is 11.6 Å². The predicted octanol–water partition coefficient (Wildman–Crippen LogP) is 0.900. The van der Waals surface area contributed by atoms with Crippen molar-refractivity contribution in [3.63, 3.8) is 0 Å². The fraction of sp³-hybridized carbons (Fsp3) is 0.857. The van der Waals surface area contributed by atoms with Gasteiger partial charge in [0.1, 0.15) is 5.84 Å². The first kappa shape index (κ1) is 9.27. The van der Waals surface area contributed by atoms with E-state index in [1.54, 1.807) is 0 Å². The van der Waals surface area contributed by atoms with Crippen LogP contribution in [-0.2, 0) is 0 Å². The van der Waals surface area contributed by atoms with Crippen molar-refractivity contribution in [2.45, 2.75) is 27.2 Å². The van der Waals surface area contributed by atoms with E-state index >= 15 is 0 Å². The Hall–Kier alpha value is -0.730. The molecule has 2 atom stereocenters. The highest BCUT2D eigenvalue weighted by atomic mass is 15.2. The second-order valence-electron chi connectivity index (χ2n) is 2.73. The van der Waals surface area contributed by atoms with Crippen molar-refractivity contribution >= 4 is 5.84 Å². The third kappa shape index (κ3) is 2.25. The number of hydrazone groups is 1. The van der Waals surface area contributed by atoms with Gasteiger partial charge >= 0.3 is 0 Å². The molecule has 0 fully saturated rings. The summed E-state index contributed by atoms with van der Waals surface area (Å²) < 4.78 is 0. The zero-order valence-electron chi connectivity index (χ0n) is 6.96. The van der Waals surface area contributed by atoms with Gasteiger partial charge in [-0.2, -0.15) is 5.10 Å². The van der Waals surface area contributed by atoms with E-state index in [-0.39, 0.29) is 0 Å². The summed E-state index contributed by atoms with van der Waals surface area (Å²) in [5.74, 6) is 6.44. The van der Waals surface area contributed by atoms with Gasteiger partial charge in [-0.1, -0.05) is 27.2 Å². The van der Waals surface area contributed by atoms with E-state index in [1.165, 1.54) is 0 Å². The minimum atomic E-state index is 0.301. The van der Waals surface area contributed by atoms with E-state index in [1.807, 2.05) is 6.92 Å². The summed E-state index contributed by atoms with van der Waals surface area (Å²) >= 11 is 0. The summed E-state index contributed by atoms with van der Waals surface area (Å²) in [6, 6.07) is 0. The summed E-state index contributed by atoms with van der Waals surface area (Å²) in [7, 11) is 0. The third-order valence-electron chi connectivity index (χ3n) is 2.11. The van der Waals surface area contributed by atoms with Crippen LogP contribution in [0.2, 0.25) is 0 Å². The Morgan fingerprint density at radius 1 is 1.50 bits per heavy atom. The third-order valence-corrected chi connectivity index (χ3v) is 2.11. The van der Waals surface area contributed by atoms with Crippen molar-refractivity contribution in [2.75, 3.05) is 0 Å². The highest BCUT2D eigenvalue weighted by molar-refractivity contribution is 5.82. The molecule has 0 rings (SSSR count). The van der Waals surface area contributed by atoms with Crippen molar-refractivity contribution in [3.8, 4) is 0 Å². The van der Waals surface area contributed by atoms with Crippen molar-refractivity contribution in [2.24, 2.45) is 28.5 Å². The Morgan fingerprint density at radius 2 is 2.00 bits per heavy atom. The molecule has 3 nitrogen and oxygen atoms in total. The average Bonchev–Trinajstić information content (AvgIpc) is 2.00. The quantitative estimate of drug-likeness (QED) is 0.267.